The van der Waals surface area contributed by atoms with Crippen LogP contribution in [-0.4, -0.2) is 54.3 Å². The Kier molecular flexibility index (Phi) is 4.90. The fraction of sp³-hybridized carbons (Fsp3) is 0.278. The van der Waals surface area contributed by atoms with Gasteiger partial charge < -0.3 is 25.8 Å². The second kappa shape index (κ2) is 7.29. The fourth-order valence-electron chi connectivity index (χ4n) is 2.80. The Morgan fingerprint density at radius 3 is 2.37 bits per heavy atom. The maximum absolute atomic E-state index is 11.8. The van der Waals surface area contributed by atoms with Crippen molar-refractivity contribution in [3.63, 3.8) is 0 Å². The Morgan fingerprint density at radius 1 is 1.22 bits per heavy atom. The number of carbonyl (C=O) groups excluding carboxylic acids is 2. The molecule has 3 rings (SSSR count). The predicted octanol–water partition coefficient (Wildman–Crippen LogP) is -0.00570. The van der Waals surface area contributed by atoms with Gasteiger partial charge in [0.2, 0.25) is 6.41 Å². The molecule has 1 fully saturated rings. The molecule has 9 nitrogen and oxygen atoms in total. The molecule has 27 heavy (non-hydrogen) atoms. The highest BCUT2D eigenvalue weighted by molar-refractivity contribution is 5.99. The van der Waals surface area contributed by atoms with Gasteiger partial charge in [-0.15, -0.1) is 0 Å². The molecular formula is C18H19N5O4. The number of ether oxygens (including phenoxy) is 2. The lowest BCUT2D eigenvalue weighted by atomic mass is 10.1. The molecule has 1 saturated heterocycles. The van der Waals surface area contributed by atoms with Gasteiger partial charge in [-0.2, -0.15) is 5.10 Å². The summed E-state index contributed by atoms with van der Waals surface area (Å²) in [5.41, 5.74) is 12.4. The third kappa shape index (κ3) is 3.50. The van der Waals surface area contributed by atoms with E-state index in [0.717, 1.165) is 6.41 Å². The first kappa shape index (κ1) is 18.1. The molecule has 0 atom stereocenters. The molecule has 1 aromatic carbocycles. The van der Waals surface area contributed by atoms with Crippen molar-refractivity contribution in [2.24, 2.45) is 5.73 Å². The summed E-state index contributed by atoms with van der Waals surface area (Å²) in [4.78, 5) is 24.1. The number of likely N-dealkylation sites (tertiary alicyclic amines) is 1. The van der Waals surface area contributed by atoms with Crippen LogP contribution in [0.2, 0.25) is 0 Å². The number of nitrogens with two attached hydrogens (primary N) is 2. The van der Waals surface area contributed by atoms with Crippen molar-refractivity contribution in [3.8, 4) is 23.3 Å². The number of nitrogen functional groups attached to an aromatic ring is 1. The van der Waals surface area contributed by atoms with Gasteiger partial charge >= 0.3 is 0 Å². The van der Waals surface area contributed by atoms with Crippen LogP contribution in [-0.2, 0) is 4.79 Å². The van der Waals surface area contributed by atoms with Crippen LogP contribution in [0.3, 0.4) is 0 Å². The van der Waals surface area contributed by atoms with E-state index in [1.165, 1.54) is 4.68 Å². The molecule has 0 bridgehead atoms. The van der Waals surface area contributed by atoms with Crippen LogP contribution in [0.25, 0.3) is 0 Å². The van der Waals surface area contributed by atoms with E-state index in [-0.39, 0.29) is 23.1 Å². The summed E-state index contributed by atoms with van der Waals surface area (Å²) in [7, 11) is 3.08. The number of hydrogen-bond donors (Lipinski definition) is 2. The number of rotatable bonds is 5. The van der Waals surface area contributed by atoms with Gasteiger partial charge in [-0.3, -0.25) is 9.59 Å². The van der Waals surface area contributed by atoms with Crippen molar-refractivity contribution in [2.75, 3.05) is 33.0 Å². The molecule has 0 aliphatic carbocycles. The maximum Gasteiger partial charge on any atom is 0.255 e. The summed E-state index contributed by atoms with van der Waals surface area (Å²) in [6.07, 6.45) is 0.752. The van der Waals surface area contributed by atoms with Crippen molar-refractivity contribution >= 4 is 18.1 Å². The molecule has 2 amide bonds. The topological polar surface area (TPSA) is 126 Å². The number of aromatic nitrogens is 2. The lowest BCUT2D eigenvalue weighted by Gasteiger charge is -2.36. The second-order valence-electron chi connectivity index (χ2n) is 5.98. The largest absolute Gasteiger partial charge is 0.497 e. The molecule has 2 heterocycles. The van der Waals surface area contributed by atoms with Crippen LogP contribution in [0.5, 0.6) is 11.5 Å². The van der Waals surface area contributed by atoms with E-state index in [2.05, 4.69) is 16.9 Å². The van der Waals surface area contributed by atoms with E-state index in [1.807, 2.05) is 0 Å². The van der Waals surface area contributed by atoms with Gasteiger partial charge in [0.25, 0.3) is 5.91 Å². The average Bonchev–Trinajstić information content (AvgIpc) is 2.95. The number of amides is 2. The van der Waals surface area contributed by atoms with Gasteiger partial charge in [-0.1, -0.05) is 5.92 Å². The minimum Gasteiger partial charge on any atom is -0.497 e. The first-order valence-corrected chi connectivity index (χ1v) is 8.09. The van der Waals surface area contributed by atoms with Crippen molar-refractivity contribution in [1.82, 2.24) is 14.7 Å². The van der Waals surface area contributed by atoms with Crippen LogP contribution in [0.1, 0.15) is 27.7 Å². The van der Waals surface area contributed by atoms with Crippen LogP contribution >= 0.6 is 0 Å². The van der Waals surface area contributed by atoms with E-state index in [4.69, 9.17) is 20.9 Å². The standard InChI is InChI=1S/C18H19N5O4/c1-26-13-5-11(6-14(7-13)27-2)3-4-15-16(18(20)25)17(19)23(21-15)12-8-22(9-12)10-24/h5-7,10,12H,8-9,19H2,1-2H3,(H2,20,25). The Labute approximate surface area is 155 Å². The Bertz CT molecular complexity index is 928. The van der Waals surface area contributed by atoms with Crippen LogP contribution in [0.4, 0.5) is 5.82 Å². The highest BCUT2D eigenvalue weighted by Gasteiger charge is 2.31. The quantitative estimate of drug-likeness (QED) is 0.564. The summed E-state index contributed by atoms with van der Waals surface area (Å²) >= 11 is 0. The number of primary amides is 1. The minimum atomic E-state index is -0.710. The zero-order valence-electron chi connectivity index (χ0n) is 14.9. The number of nitrogens with zero attached hydrogens (tertiary/aromatic N) is 3. The first-order chi connectivity index (χ1) is 13.0. The Morgan fingerprint density at radius 2 is 1.85 bits per heavy atom. The third-order valence-corrected chi connectivity index (χ3v) is 4.26. The van der Waals surface area contributed by atoms with Gasteiger partial charge in [0.15, 0.2) is 5.69 Å². The Balaban J connectivity index is 1.97. The molecular weight excluding hydrogens is 350 g/mol. The van der Waals surface area contributed by atoms with E-state index in [0.29, 0.717) is 30.2 Å². The Hall–Kier alpha value is -3.67. The van der Waals surface area contributed by atoms with Gasteiger partial charge in [-0.25, -0.2) is 4.68 Å². The fourth-order valence-corrected chi connectivity index (χ4v) is 2.80. The minimum absolute atomic E-state index is 0.0712. The van der Waals surface area contributed by atoms with Crippen molar-refractivity contribution in [1.29, 1.82) is 0 Å². The normalized spacial score (nSPS) is 13.3. The lowest BCUT2D eigenvalue weighted by molar-refractivity contribution is -0.123. The molecule has 1 aliphatic heterocycles. The molecule has 9 heteroatoms. The highest BCUT2D eigenvalue weighted by Crippen LogP contribution is 2.26. The molecule has 0 radical (unpaired) electrons. The lowest BCUT2D eigenvalue weighted by Crippen LogP contribution is -2.47. The molecule has 1 aromatic heterocycles. The summed E-state index contributed by atoms with van der Waals surface area (Å²) in [5.74, 6) is 6.38. The summed E-state index contributed by atoms with van der Waals surface area (Å²) in [6, 6.07) is 5.07. The summed E-state index contributed by atoms with van der Waals surface area (Å²) in [6.45, 7) is 0.932. The van der Waals surface area contributed by atoms with E-state index in [9.17, 15) is 9.59 Å². The van der Waals surface area contributed by atoms with E-state index >= 15 is 0 Å². The second-order valence-corrected chi connectivity index (χ2v) is 5.98. The van der Waals surface area contributed by atoms with Crippen molar-refractivity contribution in [2.45, 2.75) is 6.04 Å². The molecule has 4 N–H and O–H groups in total. The van der Waals surface area contributed by atoms with Crippen LogP contribution < -0.4 is 20.9 Å². The van der Waals surface area contributed by atoms with E-state index in [1.54, 1.807) is 37.3 Å². The van der Waals surface area contributed by atoms with Gasteiger partial charge in [-0.05, 0) is 18.1 Å². The van der Waals surface area contributed by atoms with Crippen molar-refractivity contribution in [3.05, 3.63) is 35.0 Å². The number of methoxy groups -OCH3 is 2. The first-order valence-electron chi connectivity index (χ1n) is 8.09. The number of anilines is 1. The summed E-state index contributed by atoms with van der Waals surface area (Å²) < 4.78 is 11.9. The molecule has 2 aromatic rings. The van der Waals surface area contributed by atoms with E-state index < -0.39 is 5.91 Å². The van der Waals surface area contributed by atoms with Gasteiger partial charge in [0.05, 0.1) is 20.3 Å². The average molecular weight is 369 g/mol. The zero-order valence-corrected chi connectivity index (χ0v) is 14.9. The zero-order chi connectivity index (χ0) is 19.6. The van der Waals surface area contributed by atoms with Crippen molar-refractivity contribution < 1.29 is 19.1 Å². The molecule has 140 valence electrons. The predicted molar refractivity (Wildman–Crippen MR) is 97.4 cm³/mol. The van der Waals surface area contributed by atoms with Gasteiger partial charge in [0.1, 0.15) is 22.9 Å². The maximum atomic E-state index is 11.8. The van der Waals surface area contributed by atoms with Crippen LogP contribution in [0, 0.1) is 11.8 Å². The van der Waals surface area contributed by atoms with Crippen LogP contribution in [0.15, 0.2) is 18.2 Å². The smallest absolute Gasteiger partial charge is 0.255 e. The number of hydrogen-bond acceptors (Lipinski definition) is 6. The molecule has 0 spiro atoms. The number of benzene rings is 1. The summed E-state index contributed by atoms with van der Waals surface area (Å²) in [5, 5.41) is 4.33. The molecule has 0 unspecified atom stereocenters. The number of carbonyl (C=O) groups is 2. The highest BCUT2D eigenvalue weighted by atomic mass is 16.5. The molecule has 0 saturated carbocycles. The molecule has 1 aliphatic rings. The third-order valence-electron chi connectivity index (χ3n) is 4.26. The van der Waals surface area contributed by atoms with Gasteiger partial charge in [0, 0.05) is 24.7 Å². The SMILES string of the molecule is COc1cc(C#Cc2nn(C3CN(C=O)C3)c(N)c2C(N)=O)cc(OC)c1. The monoisotopic (exact) mass is 369 g/mol.